The molecule has 5 nitrogen and oxygen atoms in total. The molecular formula is C26H22N2O3. The normalized spacial score (nSPS) is 17.3. The molecule has 3 heterocycles. The molecule has 1 aliphatic heterocycles. The molecule has 1 atom stereocenters. The molecule has 2 aromatic heterocycles. The van der Waals surface area contributed by atoms with Crippen molar-refractivity contribution >= 4 is 5.78 Å². The van der Waals surface area contributed by atoms with E-state index in [0.717, 1.165) is 16.9 Å². The number of rotatable bonds is 5. The molecule has 31 heavy (non-hydrogen) atoms. The van der Waals surface area contributed by atoms with Crippen LogP contribution in [0, 0.1) is 0 Å². The number of ketones is 1. The van der Waals surface area contributed by atoms with Crippen molar-refractivity contribution in [2.45, 2.75) is 25.6 Å². The SMILES string of the molecule is CCC1(c2ccc(COc3ccccc3)cc2)Oc2cccnc2-n2cccc2C1=O. The Balaban J connectivity index is 1.50. The lowest BCUT2D eigenvalue weighted by molar-refractivity contribution is 0.0423. The molecule has 0 aliphatic carbocycles. The van der Waals surface area contributed by atoms with Gasteiger partial charge in [-0.25, -0.2) is 4.98 Å². The van der Waals surface area contributed by atoms with E-state index in [9.17, 15) is 4.79 Å². The van der Waals surface area contributed by atoms with Gasteiger partial charge in [0.1, 0.15) is 12.4 Å². The van der Waals surface area contributed by atoms with Crippen molar-refractivity contribution in [3.05, 3.63) is 108 Å². The van der Waals surface area contributed by atoms with Crippen LogP contribution < -0.4 is 9.47 Å². The van der Waals surface area contributed by atoms with E-state index in [1.165, 1.54) is 0 Å². The first-order valence-electron chi connectivity index (χ1n) is 10.3. The number of hydrogen-bond acceptors (Lipinski definition) is 4. The Morgan fingerprint density at radius 1 is 0.968 bits per heavy atom. The molecule has 0 spiro atoms. The van der Waals surface area contributed by atoms with E-state index in [1.54, 1.807) is 10.8 Å². The number of Topliss-reactive ketones (excluding diaryl/α,β-unsaturated/α-hetero) is 1. The molecule has 1 aliphatic rings. The standard InChI is InChI=1S/C26H22N2O3/c1-2-26(20-14-12-19(13-15-20)18-30-21-8-4-3-5-9-21)24(29)22-10-7-17-28(22)25-23(31-26)11-6-16-27-25/h3-17H,2,18H2,1H3. The topological polar surface area (TPSA) is 53.4 Å². The van der Waals surface area contributed by atoms with Crippen LogP contribution in [0.4, 0.5) is 0 Å². The first-order valence-corrected chi connectivity index (χ1v) is 10.3. The van der Waals surface area contributed by atoms with Crippen LogP contribution in [0.2, 0.25) is 0 Å². The van der Waals surface area contributed by atoms with Gasteiger partial charge in [-0.3, -0.25) is 9.36 Å². The molecule has 0 fully saturated rings. The molecule has 2 aromatic carbocycles. The minimum absolute atomic E-state index is 0.0775. The van der Waals surface area contributed by atoms with Gasteiger partial charge in [0.15, 0.2) is 17.2 Å². The Morgan fingerprint density at radius 2 is 1.77 bits per heavy atom. The van der Waals surface area contributed by atoms with Crippen molar-refractivity contribution in [3.8, 4) is 17.3 Å². The van der Waals surface area contributed by atoms with Gasteiger partial charge >= 0.3 is 0 Å². The number of carbonyl (C=O) groups excluding carboxylic acids is 1. The van der Waals surface area contributed by atoms with Gasteiger partial charge in [0.05, 0.1) is 5.69 Å². The number of nitrogens with zero attached hydrogens (tertiary/aromatic N) is 2. The summed E-state index contributed by atoms with van der Waals surface area (Å²) in [7, 11) is 0. The minimum Gasteiger partial charge on any atom is -0.489 e. The van der Waals surface area contributed by atoms with E-state index < -0.39 is 5.60 Å². The smallest absolute Gasteiger partial charge is 0.227 e. The number of ether oxygens (including phenoxy) is 2. The van der Waals surface area contributed by atoms with Crippen molar-refractivity contribution < 1.29 is 14.3 Å². The predicted octanol–water partition coefficient (Wildman–Crippen LogP) is 5.33. The Morgan fingerprint density at radius 3 is 2.55 bits per heavy atom. The van der Waals surface area contributed by atoms with Gasteiger partial charge in [0.25, 0.3) is 0 Å². The summed E-state index contributed by atoms with van der Waals surface area (Å²) in [6.07, 6.45) is 4.04. The first kappa shape index (κ1) is 19.1. The van der Waals surface area contributed by atoms with Crippen LogP contribution >= 0.6 is 0 Å². The van der Waals surface area contributed by atoms with Crippen LogP contribution in [-0.4, -0.2) is 15.3 Å². The maximum atomic E-state index is 13.7. The summed E-state index contributed by atoms with van der Waals surface area (Å²) in [5.41, 5.74) is 1.28. The molecule has 0 radical (unpaired) electrons. The predicted molar refractivity (Wildman–Crippen MR) is 118 cm³/mol. The fourth-order valence-electron chi connectivity index (χ4n) is 4.01. The molecule has 5 rings (SSSR count). The molecule has 0 N–H and O–H groups in total. The Labute approximate surface area is 180 Å². The zero-order valence-electron chi connectivity index (χ0n) is 17.2. The molecule has 5 heteroatoms. The van der Waals surface area contributed by atoms with Gasteiger partial charge in [-0.05, 0) is 48.4 Å². The van der Waals surface area contributed by atoms with Gasteiger partial charge in [-0.2, -0.15) is 0 Å². The summed E-state index contributed by atoms with van der Waals surface area (Å²) >= 11 is 0. The molecule has 0 saturated heterocycles. The second-order valence-corrected chi connectivity index (χ2v) is 7.50. The highest BCUT2D eigenvalue weighted by Gasteiger charge is 2.45. The zero-order valence-corrected chi connectivity index (χ0v) is 17.2. The monoisotopic (exact) mass is 410 g/mol. The van der Waals surface area contributed by atoms with Gasteiger partial charge in [-0.1, -0.05) is 49.4 Å². The summed E-state index contributed by atoms with van der Waals surface area (Å²) in [6, 6.07) is 25.0. The highest BCUT2D eigenvalue weighted by Crippen LogP contribution is 2.40. The van der Waals surface area contributed by atoms with E-state index in [1.807, 2.05) is 92.0 Å². The van der Waals surface area contributed by atoms with Crippen molar-refractivity contribution in [3.63, 3.8) is 0 Å². The highest BCUT2D eigenvalue weighted by molar-refractivity contribution is 6.03. The lowest BCUT2D eigenvalue weighted by Crippen LogP contribution is -2.41. The second kappa shape index (κ2) is 7.76. The molecule has 1 unspecified atom stereocenters. The van der Waals surface area contributed by atoms with Crippen molar-refractivity contribution in [2.75, 3.05) is 0 Å². The molecule has 4 aromatic rings. The van der Waals surface area contributed by atoms with Gasteiger partial charge in [-0.15, -0.1) is 0 Å². The summed E-state index contributed by atoms with van der Waals surface area (Å²) < 4.78 is 14.1. The average Bonchev–Trinajstić information content (AvgIpc) is 3.28. The number of fused-ring (bicyclic) bond motifs is 3. The lowest BCUT2D eigenvalue weighted by Gasteiger charge is -2.31. The van der Waals surface area contributed by atoms with E-state index in [-0.39, 0.29) is 5.78 Å². The third-order valence-corrected chi connectivity index (χ3v) is 5.68. The van der Waals surface area contributed by atoms with Crippen LogP contribution in [0.3, 0.4) is 0 Å². The molecular weight excluding hydrogens is 388 g/mol. The van der Waals surface area contributed by atoms with Crippen LogP contribution in [-0.2, 0) is 12.2 Å². The van der Waals surface area contributed by atoms with Crippen molar-refractivity contribution in [1.29, 1.82) is 0 Å². The third-order valence-electron chi connectivity index (χ3n) is 5.68. The Bertz CT molecular complexity index is 1210. The third kappa shape index (κ3) is 3.28. The number of hydrogen-bond donors (Lipinski definition) is 0. The highest BCUT2D eigenvalue weighted by atomic mass is 16.5. The Kier molecular flexibility index (Phi) is 4.79. The maximum Gasteiger partial charge on any atom is 0.227 e. The quantitative estimate of drug-likeness (QED) is 0.446. The molecule has 0 bridgehead atoms. The second-order valence-electron chi connectivity index (χ2n) is 7.50. The lowest BCUT2D eigenvalue weighted by atomic mass is 9.84. The van der Waals surface area contributed by atoms with Crippen LogP contribution in [0.15, 0.2) is 91.3 Å². The van der Waals surface area contributed by atoms with Crippen molar-refractivity contribution in [2.24, 2.45) is 0 Å². The summed E-state index contributed by atoms with van der Waals surface area (Å²) in [5, 5.41) is 0. The van der Waals surface area contributed by atoms with Gasteiger partial charge in [0.2, 0.25) is 5.78 Å². The van der Waals surface area contributed by atoms with Crippen molar-refractivity contribution in [1.82, 2.24) is 9.55 Å². The van der Waals surface area contributed by atoms with E-state index in [2.05, 4.69) is 4.98 Å². The number of aromatic nitrogens is 2. The summed E-state index contributed by atoms with van der Waals surface area (Å²) in [5.74, 6) is 1.96. The minimum atomic E-state index is -1.12. The van der Waals surface area contributed by atoms with Crippen LogP contribution in [0.5, 0.6) is 11.5 Å². The van der Waals surface area contributed by atoms with E-state index >= 15 is 0 Å². The molecule has 0 saturated carbocycles. The molecule has 0 amide bonds. The van der Waals surface area contributed by atoms with Gasteiger partial charge in [0, 0.05) is 18.0 Å². The molecule has 154 valence electrons. The summed E-state index contributed by atoms with van der Waals surface area (Å²) in [6.45, 7) is 2.42. The fraction of sp³-hybridized carbons (Fsp3) is 0.154. The maximum absolute atomic E-state index is 13.7. The van der Waals surface area contributed by atoms with Crippen LogP contribution in [0.25, 0.3) is 5.82 Å². The number of benzene rings is 2. The first-order chi connectivity index (χ1) is 15.2. The fourth-order valence-corrected chi connectivity index (χ4v) is 4.01. The number of pyridine rings is 1. The number of para-hydroxylation sites is 1. The average molecular weight is 410 g/mol. The van der Waals surface area contributed by atoms with Crippen LogP contribution in [0.1, 0.15) is 35.0 Å². The zero-order chi connectivity index (χ0) is 21.3. The number of carbonyl (C=O) groups is 1. The summed E-state index contributed by atoms with van der Waals surface area (Å²) in [4.78, 5) is 18.2. The largest absolute Gasteiger partial charge is 0.489 e. The van der Waals surface area contributed by atoms with E-state index in [0.29, 0.717) is 30.3 Å². The van der Waals surface area contributed by atoms with E-state index in [4.69, 9.17) is 9.47 Å². The Hall–Kier alpha value is -3.86. The van der Waals surface area contributed by atoms with Gasteiger partial charge < -0.3 is 9.47 Å².